The van der Waals surface area contributed by atoms with Crippen LogP contribution in [0.4, 0.5) is 0 Å². The summed E-state index contributed by atoms with van der Waals surface area (Å²) in [4.78, 5) is 19.1. The summed E-state index contributed by atoms with van der Waals surface area (Å²) in [5.74, 6) is -1.99. The van der Waals surface area contributed by atoms with Crippen molar-refractivity contribution in [3.05, 3.63) is 76.8 Å². The SMILES string of the molecule is N#Cc1cc(Cl)ccc1O[C@H](CCN)c1ccccc1.O=C(O)/C=C/C(=O)O. The molecule has 0 saturated heterocycles. The number of hydrogen-bond donors (Lipinski definition) is 3. The molecule has 0 amide bonds. The lowest BCUT2D eigenvalue weighted by atomic mass is 10.1. The third-order valence-electron chi connectivity index (χ3n) is 3.30. The van der Waals surface area contributed by atoms with E-state index in [2.05, 4.69) is 6.07 Å². The van der Waals surface area contributed by atoms with Gasteiger partial charge >= 0.3 is 11.9 Å². The summed E-state index contributed by atoms with van der Waals surface area (Å²) in [6, 6.07) is 17.0. The van der Waals surface area contributed by atoms with Crippen molar-refractivity contribution in [2.45, 2.75) is 12.5 Å². The summed E-state index contributed by atoms with van der Waals surface area (Å²) in [5, 5.41) is 25.3. The van der Waals surface area contributed by atoms with Crippen LogP contribution in [0.1, 0.15) is 23.7 Å². The van der Waals surface area contributed by atoms with E-state index >= 15 is 0 Å². The summed E-state index contributed by atoms with van der Waals surface area (Å²) in [6.45, 7) is 0.509. The molecule has 2 aromatic rings. The molecular formula is C20H19ClN2O5. The molecule has 2 aromatic carbocycles. The molecular weight excluding hydrogens is 384 g/mol. The van der Waals surface area contributed by atoms with Crippen molar-refractivity contribution in [3.63, 3.8) is 0 Å². The van der Waals surface area contributed by atoms with Gasteiger partial charge in [-0.05, 0) is 30.3 Å². The van der Waals surface area contributed by atoms with Gasteiger partial charge in [0.1, 0.15) is 17.9 Å². The van der Waals surface area contributed by atoms with Gasteiger partial charge in [-0.3, -0.25) is 0 Å². The summed E-state index contributed by atoms with van der Waals surface area (Å²) >= 11 is 5.88. The molecule has 28 heavy (non-hydrogen) atoms. The summed E-state index contributed by atoms with van der Waals surface area (Å²) < 4.78 is 5.96. The number of aliphatic carboxylic acids is 2. The lowest BCUT2D eigenvalue weighted by Crippen LogP contribution is -2.13. The highest BCUT2D eigenvalue weighted by atomic mass is 35.5. The first-order valence-electron chi connectivity index (χ1n) is 8.12. The molecule has 0 fully saturated rings. The first kappa shape index (κ1) is 22.7. The molecule has 0 bridgehead atoms. The molecule has 2 rings (SSSR count). The van der Waals surface area contributed by atoms with Crippen LogP contribution in [0.2, 0.25) is 5.02 Å². The van der Waals surface area contributed by atoms with Crippen molar-refractivity contribution < 1.29 is 24.5 Å². The topological polar surface area (TPSA) is 134 Å². The molecule has 0 aromatic heterocycles. The minimum Gasteiger partial charge on any atom is -0.484 e. The van der Waals surface area contributed by atoms with Gasteiger partial charge < -0.3 is 20.7 Å². The van der Waals surface area contributed by atoms with Crippen LogP contribution >= 0.6 is 11.6 Å². The zero-order valence-corrected chi connectivity index (χ0v) is 15.5. The number of nitrogens with two attached hydrogens (primary N) is 1. The maximum atomic E-state index is 9.55. The number of rotatable bonds is 7. The first-order valence-corrected chi connectivity index (χ1v) is 8.50. The number of halogens is 1. The molecule has 0 aliphatic carbocycles. The largest absolute Gasteiger partial charge is 0.484 e. The molecule has 0 spiro atoms. The highest BCUT2D eigenvalue weighted by Crippen LogP contribution is 2.28. The third-order valence-corrected chi connectivity index (χ3v) is 3.54. The minimum absolute atomic E-state index is 0.172. The Morgan fingerprint density at radius 2 is 1.75 bits per heavy atom. The van der Waals surface area contributed by atoms with E-state index in [1.54, 1.807) is 18.2 Å². The quantitative estimate of drug-likeness (QED) is 0.604. The van der Waals surface area contributed by atoms with E-state index in [0.29, 0.717) is 41.5 Å². The Kier molecular flexibility index (Phi) is 9.83. The molecule has 7 nitrogen and oxygen atoms in total. The highest BCUT2D eigenvalue weighted by Gasteiger charge is 2.14. The van der Waals surface area contributed by atoms with E-state index < -0.39 is 11.9 Å². The lowest BCUT2D eigenvalue weighted by Gasteiger charge is -2.19. The smallest absolute Gasteiger partial charge is 0.328 e. The van der Waals surface area contributed by atoms with Gasteiger partial charge in [0.15, 0.2) is 0 Å². The highest BCUT2D eigenvalue weighted by molar-refractivity contribution is 6.30. The normalized spacial score (nSPS) is 11.0. The van der Waals surface area contributed by atoms with E-state index in [0.717, 1.165) is 5.56 Å². The lowest BCUT2D eigenvalue weighted by molar-refractivity contribution is -0.134. The molecule has 0 saturated carbocycles. The molecule has 0 unspecified atom stereocenters. The van der Waals surface area contributed by atoms with Crippen molar-refractivity contribution in [3.8, 4) is 11.8 Å². The molecule has 8 heteroatoms. The van der Waals surface area contributed by atoms with Crippen LogP contribution < -0.4 is 10.5 Å². The van der Waals surface area contributed by atoms with Crippen molar-refractivity contribution in [2.75, 3.05) is 6.54 Å². The number of hydrogen-bond acceptors (Lipinski definition) is 5. The van der Waals surface area contributed by atoms with Gasteiger partial charge in [0.2, 0.25) is 0 Å². The summed E-state index contributed by atoms with van der Waals surface area (Å²) in [5.41, 5.74) is 7.11. The van der Waals surface area contributed by atoms with Gasteiger partial charge in [0.05, 0.1) is 5.56 Å². The zero-order valence-electron chi connectivity index (χ0n) is 14.8. The standard InChI is InChI=1S/C16H15ClN2O.C4H4O4/c17-14-6-7-15(13(10-14)11-19)20-16(8-9-18)12-4-2-1-3-5-12;5-3(6)1-2-4(7)8/h1-7,10,16H,8-9,18H2;1-2H,(H,5,6)(H,7,8)/b;2-1+/t16-;/m1./s1. The number of carboxylic acid groups (broad SMARTS) is 2. The number of ether oxygens (including phenoxy) is 1. The van der Waals surface area contributed by atoms with E-state index in [1.165, 1.54) is 0 Å². The number of carbonyl (C=O) groups is 2. The Bertz CT molecular complexity index is 847. The van der Waals surface area contributed by atoms with Crippen LogP contribution in [0.25, 0.3) is 0 Å². The molecule has 146 valence electrons. The van der Waals surface area contributed by atoms with Crippen LogP contribution in [-0.4, -0.2) is 28.7 Å². The fourth-order valence-electron chi connectivity index (χ4n) is 2.10. The van der Waals surface area contributed by atoms with Gasteiger partial charge in [-0.15, -0.1) is 0 Å². The predicted molar refractivity (Wildman–Crippen MR) is 104 cm³/mol. The number of carboxylic acids is 2. The Labute approximate surface area is 167 Å². The van der Waals surface area contributed by atoms with Crippen LogP contribution in [0, 0.1) is 11.3 Å². The Morgan fingerprint density at radius 1 is 1.14 bits per heavy atom. The third kappa shape index (κ3) is 8.36. The van der Waals surface area contributed by atoms with Crippen molar-refractivity contribution >= 4 is 23.5 Å². The maximum Gasteiger partial charge on any atom is 0.328 e. The second-order valence-corrected chi connectivity index (χ2v) is 5.79. The minimum atomic E-state index is -1.26. The molecule has 0 heterocycles. The Morgan fingerprint density at radius 3 is 2.25 bits per heavy atom. The fourth-order valence-corrected chi connectivity index (χ4v) is 2.27. The molecule has 0 aliphatic rings. The number of benzene rings is 2. The molecule has 0 radical (unpaired) electrons. The van der Waals surface area contributed by atoms with Gasteiger partial charge in [0, 0.05) is 23.6 Å². The van der Waals surface area contributed by atoms with Crippen molar-refractivity contribution in [1.29, 1.82) is 5.26 Å². The Balaban J connectivity index is 0.000000416. The average molecular weight is 403 g/mol. The molecule has 4 N–H and O–H groups in total. The van der Waals surface area contributed by atoms with Crippen LogP contribution in [0.15, 0.2) is 60.7 Å². The molecule has 1 atom stereocenters. The number of nitriles is 1. The zero-order chi connectivity index (χ0) is 20.9. The monoisotopic (exact) mass is 402 g/mol. The van der Waals surface area contributed by atoms with E-state index in [4.69, 9.17) is 37.5 Å². The van der Waals surface area contributed by atoms with Crippen LogP contribution in [-0.2, 0) is 9.59 Å². The van der Waals surface area contributed by atoms with E-state index in [1.807, 2.05) is 30.3 Å². The second kappa shape index (κ2) is 12.1. The number of nitrogens with zero attached hydrogens (tertiary/aromatic N) is 1. The van der Waals surface area contributed by atoms with Gasteiger partial charge in [-0.2, -0.15) is 5.26 Å². The van der Waals surface area contributed by atoms with Crippen LogP contribution in [0.5, 0.6) is 5.75 Å². The average Bonchev–Trinajstić information content (AvgIpc) is 2.68. The fraction of sp³-hybridized carbons (Fsp3) is 0.150. The predicted octanol–water partition coefficient (Wildman–Crippen LogP) is 3.39. The van der Waals surface area contributed by atoms with Gasteiger partial charge in [-0.25, -0.2) is 9.59 Å². The molecule has 0 aliphatic heterocycles. The van der Waals surface area contributed by atoms with Crippen LogP contribution in [0.3, 0.4) is 0 Å². The second-order valence-electron chi connectivity index (χ2n) is 5.36. The maximum absolute atomic E-state index is 9.55. The van der Waals surface area contributed by atoms with E-state index in [9.17, 15) is 9.59 Å². The van der Waals surface area contributed by atoms with Gasteiger partial charge in [0.25, 0.3) is 0 Å². The first-order chi connectivity index (χ1) is 13.4. The van der Waals surface area contributed by atoms with Crippen molar-refractivity contribution in [2.24, 2.45) is 5.73 Å². The summed E-state index contributed by atoms with van der Waals surface area (Å²) in [6.07, 6.45) is 1.62. The van der Waals surface area contributed by atoms with Gasteiger partial charge in [-0.1, -0.05) is 41.9 Å². The van der Waals surface area contributed by atoms with E-state index in [-0.39, 0.29) is 6.10 Å². The Hall–Kier alpha value is -3.34. The van der Waals surface area contributed by atoms with Crippen molar-refractivity contribution in [1.82, 2.24) is 0 Å². The summed E-state index contributed by atoms with van der Waals surface area (Å²) in [7, 11) is 0.